The number of nitrogen functional groups attached to an aromatic ring is 1. The van der Waals surface area contributed by atoms with Crippen LogP contribution >= 0.6 is 39.1 Å². The summed E-state index contributed by atoms with van der Waals surface area (Å²) in [5, 5.41) is 12.7. The highest BCUT2D eigenvalue weighted by atomic mass is 79.9. The largest absolute Gasteiger partial charge is 0.478 e. The van der Waals surface area contributed by atoms with Crippen LogP contribution in [0.15, 0.2) is 34.8 Å². The Balaban J connectivity index is 2.51. The van der Waals surface area contributed by atoms with Crippen molar-refractivity contribution >= 4 is 62.2 Å². The van der Waals surface area contributed by atoms with Gasteiger partial charge in [-0.15, -0.1) is 0 Å². The van der Waals surface area contributed by atoms with Gasteiger partial charge in [-0.2, -0.15) is 0 Å². The summed E-state index contributed by atoms with van der Waals surface area (Å²) < 4.78 is 0.647. The van der Waals surface area contributed by atoms with Crippen molar-refractivity contribution in [1.82, 2.24) is 0 Å². The third-order valence-corrected chi connectivity index (χ3v) is 4.39. The molecule has 0 radical (unpaired) electrons. The van der Waals surface area contributed by atoms with Gasteiger partial charge in [0, 0.05) is 4.47 Å². The summed E-state index contributed by atoms with van der Waals surface area (Å²) in [5.74, 6) is -1.08. The average molecular weight is 376 g/mol. The molecule has 0 bridgehead atoms. The average Bonchev–Trinajstić information content (AvgIpc) is 2.41. The molecule has 0 aliphatic heterocycles. The number of para-hydroxylation sites is 1. The van der Waals surface area contributed by atoms with Gasteiger partial charge in [0.25, 0.3) is 0 Å². The normalized spacial score (nSPS) is 10.3. The van der Waals surface area contributed by atoms with E-state index in [1.165, 1.54) is 6.07 Å². The summed E-state index contributed by atoms with van der Waals surface area (Å²) in [4.78, 5) is 11.2. The van der Waals surface area contributed by atoms with E-state index in [2.05, 4.69) is 21.2 Å². The van der Waals surface area contributed by atoms with Crippen LogP contribution in [0, 0.1) is 0 Å². The van der Waals surface area contributed by atoms with Crippen molar-refractivity contribution in [3.05, 3.63) is 50.4 Å². The van der Waals surface area contributed by atoms with E-state index in [1.54, 1.807) is 24.3 Å². The summed E-state index contributed by atoms with van der Waals surface area (Å²) >= 11 is 15.4. The molecule has 0 atom stereocenters. The first-order chi connectivity index (χ1) is 9.41. The van der Waals surface area contributed by atoms with Gasteiger partial charge >= 0.3 is 5.97 Å². The molecule has 0 saturated heterocycles. The lowest BCUT2D eigenvalue weighted by molar-refractivity contribution is 0.0698. The first-order valence-corrected chi connectivity index (χ1v) is 6.99. The van der Waals surface area contributed by atoms with Crippen LogP contribution in [0.25, 0.3) is 0 Å². The number of halogens is 3. The molecule has 20 heavy (non-hydrogen) atoms. The minimum Gasteiger partial charge on any atom is -0.478 e. The molecule has 7 heteroatoms. The smallest absolute Gasteiger partial charge is 0.337 e. The van der Waals surface area contributed by atoms with E-state index < -0.39 is 5.97 Å². The molecule has 0 aliphatic rings. The van der Waals surface area contributed by atoms with Crippen molar-refractivity contribution in [3.63, 3.8) is 0 Å². The summed E-state index contributed by atoms with van der Waals surface area (Å²) in [6.07, 6.45) is 0. The van der Waals surface area contributed by atoms with Crippen molar-refractivity contribution in [3.8, 4) is 0 Å². The van der Waals surface area contributed by atoms with Crippen molar-refractivity contribution in [2.75, 3.05) is 11.1 Å². The van der Waals surface area contributed by atoms with Gasteiger partial charge in [0.15, 0.2) is 0 Å². The van der Waals surface area contributed by atoms with Crippen LogP contribution in [0.2, 0.25) is 10.0 Å². The van der Waals surface area contributed by atoms with Gasteiger partial charge < -0.3 is 16.2 Å². The lowest BCUT2D eigenvalue weighted by Gasteiger charge is -2.14. The highest BCUT2D eigenvalue weighted by Crippen LogP contribution is 2.38. The predicted octanol–water partition coefficient (Wildman–Crippen LogP) is 4.78. The maximum absolute atomic E-state index is 11.2. The lowest BCUT2D eigenvalue weighted by atomic mass is 10.1. The fourth-order valence-corrected chi connectivity index (χ4v) is 2.47. The molecular weight excluding hydrogens is 367 g/mol. The van der Waals surface area contributed by atoms with Gasteiger partial charge in [-0.1, -0.05) is 29.3 Å². The number of hydrogen-bond acceptors (Lipinski definition) is 3. The molecule has 0 heterocycles. The number of carboxylic acids is 1. The molecule has 0 fully saturated rings. The number of benzene rings is 2. The molecule has 2 aromatic rings. The van der Waals surface area contributed by atoms with Gasteiger partial charge in [0.05, 0.1) is 32.7 Å². The monoisotopic (exact) mass is 374 g/mol. The summed E-state index contributed by atoms with van der Waals surface area (Å²) in [7, 11) is 0. The van der Waals surface area contributed by atoms with E-state index >= 15 is 0 Å². The quantitative estimate of drug-likeness (QED) is 0.533. The number of nitrogens with two attached hydrogens (primary N) is 1. The van der Waals surface area contributed by atoms with Crippen molar-refractivity contribution in [2.24, 2.45) is 0 Å². The number of carboxylic acid groups (broad SMARTS) is 1. The van der Waals surface area contributed by atoms with Crippen LogP contribution in [-0.4, -0.2) is 11.1 Å². The summed E-state index contributed by atoms with van der Waals surface area (Å²) in [6, 6.07) is 8.01. The molecule has 0 spiro atoms. The fraction of sp³-hybridized carbons (Fsp3) is 0. The summed E-state index contributed by atoms with van der Waals surface area (Å²) in [6.45, 7) is 0. The van der Waals surface area contributed by atoms with E-state index in [-0.39, 0.29) is 16.3 Å². The van der Waals surface area contributed by atoms with E-state index in [9.17, 15) is 9.90 Å². The van der Waals surface area contributed by atoms with Gasteiger partial charge in [-0.05, 0) is 40.2 Å². The van der Waals surface area contributed by atoms with Gasteiger partial charge in [-0.25, -0.2) is 4.79 Å². The number of nitrogens with one attached hydrogen (secondary N) is 1. The second-order valence-electron chi connectivity index (χ2n) is 3.92. The van der Waals surface area contributed by atoms with E-state index in [4.69, 9.17) is 28.9 Å². The molecule has 104 valence electrons. The molecule has 4 N–H and O–H groups in total. The van der Waals surface area contributed by atoms with Crippen LogP contribution in [-0.2, 0) is 0 Å². The van der Waals surface area contributed by atoms with Gasteiger partial charge in [0.2, 0.25) is 0 Å². The Hall–Kier alpha value is -1.43. The Labute approximate surface area is 133 Å². The zero-order chi connectivity index (χ0) is 14.9. The molecule has 4 nitrogen and oxygen atoms in total. The second-order valence-corrected chi connectivity index (χ2v) is 5.53. The van der Waals surface area contributed by atoms with Crippen LogP contribution in [0.4, 0.5) is 17.1 Å². The molecule has 0 amide bonds. The minimum absolute atomic E-state index is 0.0557. The molecule has 0 aliphatic carbocycles. The Kier molecular flexibility index (Phi) is 4.42. The first-order valence-electron chi connectivity index (χ1n) is 5.44. The maximum Gasteiger partial charge on any atom is 0.337 e. The number of aromatic carboxylic acids is 1. The molecule has 0 aromatic heterocycles. The summed E-state index contributed by atoms with van der Waals surface area (Å²) in [5.41, 5.74) is 6.93. The molecular formula is C13H9BrCl2N2O2. The SMILES string of the molecule is Nc1cccc(C(=O)O)c1Nc1ccc(Br)c(Cl)c1Cl. The van der Waals surface area contributed by atoms with Crippen LogP contribution in [0.3, 0.4) is 0 Å². The third kappa shape index (κ3) is 2.85. The van der Waals surface area contributed by atoms with E-state index in [0.29, 0.717) is 20.9 Å². The van der Waals surface area contributed by atoms with Gasteiger partial charge in [0.1, 0.15) is 0 Å². The highest BCUT2D eigenvalue weighted by Gasteiger charge is 2.15. The third-order valence-electron chi connectivity index (χ3n) is 2.62. The fourth-order valence-electron chi connectivity index (χ4n) is 1.65. The van der Waals surface area contributed by atoms with Crippen LogP contribution in [0.1, 0.15) is 10.4 Å². The molecule has 2 rings (SSSR count). The highest BCUT2D eigenvalue weighted by molar-refractivity contribution is 9.10. The topological polar surface area (TPSA) is 75.4 Å². The first kappa shape index (κ1) is 15.0. The zero-order valence-electron chi connectivity index (χ0n) is 9.95. The Morgan fingerprint density at radius 1 is 1.20 bits per heavy atom. The second kappa shape index (κ2) is 5.91. The number of carbonyl (C=O) groups is 1. The Morgan fingerprint density at radius 2 is 1.90 bits per heavy atom. The molecule has 2 aromatic carbocycles. The molecule has 0 unspecified atom stereocenters. The van der Waals surface area contributed by atoms with Crippen molar-refractivity contribution in [1.29, 1.82) is 0 Å². The van der Waals surface area contributed by atoms with E-state index in [1.807, 2.05) is 0 Å². The Bertz CT molecular complexity index is 692. The van der Waals surface area contributed by atoms with E-state index in [0.717, 1.165) is 0 Å². The standard InChI is InChI=1S/C13H9BrCl2N2O2/c14-7-4-5-9(11(16)10(7)15)18-12-6(13(19)20)2-1-3-8(12)17/h1-5,18H,17H2,(H,19,20). The number of hydrogen-bond donors (Lipinski definition) is 3. The number of anilines is 3. The van der Waals surface area contributed by atoms with Crippen molar-refractivity contribution < 1.29 is 9.90 Å². The lowest BCUT2D eigenvalue weighted by Crippen LogP contribution is -2.06. The van der Waals surface area contributed by atoms with Crippen molar-refractivity contribution in [2.45, 2.75) is 0 Å². The maximum atomic E-state index is 11.2. The number of rotatable bonds is 3. The Morgan fingerprint density at radius 3 is 2.55 bits per heavy atom. The van der Waals surface area contributed by atoms with Crippen LogP contribution in [0.5, 0.6) is 0 Å². The molecule has 0 saturated carbocycles. The zero-order valence-corrected chi connectivity index (χ0v) is 13.1. The predicted molar refractivity (Wildman–Crippen MR) is 85.3 cm³/mol. The van der Waals surface area contributed by atoms with Gasteiger partial charge in [-0.3, -0.25) is 0 Å². The minimum atomic E-state index is -1.08. The van der Waals surface area contributed by atoms with Crippen LogP contribution < -0.4 is 11.1 Å².